The van der Waals surface area contributed by atoms with Gasteiger partial charge < -0.3 is 9.97 Å². The minimum Gasteiger partial charge on any atom is -0.346 e. The topological polar surface area (TPSA) is 113 Å². The molecule has 0 radical (unpaired) electrons. The van der Waals surface area contributed by atoms with Gasteiger partial charge in [0.25, 0.3) is 5.69 Å². The third-order valence-electron chi connectivity index (χ3n) is 6.12. The van der Waals surface area contributed by atoms with Gasteiger partial charge in [-0.1, -0.05) is 19.1 Å². The Labute approximate surface area is 171 Å². The van der Waals surface area contributed by atoms with Crippen LogP contribution < -0.4 is 5.69 Å². The Morgan fingerprint density at radius 2 is 2.20 bits per heavy atom. The number of fused-ring (bicyclic) bond motifs is 3. The molecular formula is C21H22N6O3. The van der Waals surface area contributed by atoms with Crippen LogP contribution in [0.25, 0.3) is 22.1 Å². The van der Waals surface area contributed by atoms with Gasteiger partial charge in [0, 0.05) is 36.8 Å². The molecule has 154 valence electrons. The molecule has 1 aliphatic rings. The monoisotopic (exact) mass is 406 g/mol. The van der Waals surface area contributed by atoms with Crippen molar-refractivity contribution in [2.75, 3.05) is 13.1 Å². The molecule has 0 saturated carbocycles. The van der Waals surface area contributed by atoms with Gasteiger partial charge in [0.05, 0.1) is 28.2 Å². The van der Waals surface area contributed by atoms with Gasteiger partial charge in [-0.05, 0) is 30.5 Å². The summed E-state index contributed by atoms with van der Waals surface area (Å²) in [6.07, 6.45) is 4.47. The van der Waals surface area contributed by atoms with Crippen molar-refractivity contribution in [3.05, 3.63) is 68.9 Å². The Morgan fingerprint density at radius 1 is 1.33 bits per heavy atom. The summed E-state index contributed by atoms with van der Waals surface area (Å²) in [6.45, 7) is 4.38. The third kappa shape index (κ3) is 3.07. The lowest BCUT2D eigenvalue weighted by atomic mass is 9.92. The molecule has 0 spiro atoms. The lowest BCUT2D eigenvalue weighted by molar-refractivity contribution is -0.384. The average molecular weight is 406 g/mol. The number of pyridine rings is 1. The van der Waals surface area contributed by atoms with Crippen LogP contribution in [0.5, 0.6) is 0 Å². The van der Waals surface area contributed by atoms with E-state index in [2.05, 4.69) is 26.8 Å². The third-order valence-corrected chi connectivity index (χ3v) is 6.12. The smallest absolute Gasteiger partial charge is 0.326 e. The van der Waals surface area contributed by atoms with Gasteiger partial charge in [0.15, 0.2) is 0 Å². The van der Waals surface area contributed by atoms with E-state index in [-0.39, 0.29) is 22.3 Å². The molecule has 1 saturated heterocycles. The van der Waals surface area contributed by atoms with Crippen molar-refractivity contribution in [3.63, 3.8) is 0 Å². The molecule has 0 amide bonds. The number of nitro benzene ring substituents is 1. The molecule has 0 bridgehead atoms. The van der Waals surface area contributed by atoms with E-state index < -0.39 is 0 Å². The van der Waals surface area contributed by atoms with E-state index in [1.807, 2.05) is 22.9 Å². The van der Waals surface area contributed by atoms with Gasteiger partial charge in [-0.15, -0.1) is 0 Å². The second-order valence-corrected chi connectivity index (χ2v) is 8.06. The van der Waals surface area contributed by atoms with Crippen molar-refractivity contribution in [2.45, 2.75) is 25.9 Å². The van der Waals surface area contributed by atoms with Gasteiger partial charge in [-0.25, -0.2) is 9.78 Å². The van der Waals surface area contributed by atoms with Crippen LogP contribution in [0, 0.1) is 16.0 Å². The van der Waals surface area contributed by atoms with Crippen LogP contribution in [0.4, 0.5) is 5.69 Å². The Balaban J connectivity index is 1.50. The maximum Gasteiger partial charge on any atom is 0.326 e. The molecule has 9 heteroatoms. The van der Waals surface area contributed by atoms with Crippen molar-refractivity contribution in [3.8, 4) is 0 Å². The van der Waals surface area contributed by atoms with Gasteiger partial charge in [0.2, 0.25) is 0 Å². The molecule has 3 aromatic heterocycles. The Morgan fingerprint density at radius 3 is 3.03 bits per heavy atom. The number of aromatic amines is 2. The van der Waals surface area contributed by atoms with E-state index in [1.54, 1.807) is 18.3 Å². The summed E-state index contributed by atoms with van der Waals surface area (Å²) in [5.41, 5.74) is 3.24. The normalized spacial score (nSPS) is 20.2. The summed E-state index contributed by atoms with van der Waals surface area (Å²) in [5, 5.41) is 12.0. The number of hydrogen-bond donors (Lipinski definition) is 2. The van der Waals surface area contributed by atoms with E-state index in [4.69, 9.17) is 0 Å². The molecule has 5 rings (SSSR count). The first-order valence-corrected chi connectivity index (χ1v) is 10.0. The number of nitrogens with one attached hydrogen (secondary N) is 2. The number of aromatic nitrogens is 4. The van der Waals surface area contributed by atoms with E-state index in [0.29, 0.717) is 19.0 Å². The Bertz CT molecular complexity index is 1300. The maximum absolute atomic E-state index is 12.9. The van der Waals surface area contributed by atoms with Crippen LogP contribution in [-0.4, -0.2) is 42.4 Å². The van der Waals surface area contributed by atoms with Crippen LogP contribution in [0.3, 0.4) is 0 Å². The second kappa shape index (κ2) is 7.10. The largest absolute Gasteiger partial charge is 0.346 e. The van der Waals surface area contributed by atoms with Gasteiger partial charge in [-0.3, -0.25) is 19.6 Å². The number of piperidine rings is 1. The highest BCUT2D eigenvalue weighted by molar-refractivity contribution is 6.00. The Hall–Kier alpha value is -3.46. The molecule has 0 unspecified atom stereocenters. The van der Waals surface area contributed by atoms with Crippen molar-refractivity contribution in [2.24, 2.45) is 5.92 Å². The summed E-state index contributed by atoms with van der Waals surface area (Å²) in [4.78, 5) is 36.3. The van der Waals surface area contributed by atoms with Crippen molar-refractivity contribution in [1.29, 1.82) is 0 Å². The van der Waals surface area contributed by atoms with E-state index >= 15 is 0 Å². The fourth-order valence-electron chi connectivity index (χ4n) is 4.56. The van der Waals surface area contributed by atoms with Crippen molar-refractivity contribution in [1.82, 2.24) is 24.4 Å². The second-order valence-electron chi connectivity index (χ2n) is 8.06. The molecule has 4 heterocycles. The fraction of sp³-hybridized carbons (Fsp3) is 0.333. The van der Waals surface area contributed by atoms with Crippen LogP contribution >= 0.6 is 0 Å². The molecule has 0 aliphatic carbocycles. The van der Waals surface area contributed by atoms with Crippen LogP contribution in [-0.2, 0) is 6.54 Å². The minimum absolute atomic E-state index is 0.000743. The summed E-state index contributed by atoms with van der Waals surface area (Å²) in [7, 11) is 0. The first-order valence-electron chi connectivity index (χ1n) is 10.0. The first kappa shape index (κ1) is 18.6. The van der Waals surface area contributed by atoms with Crippen molar-refractivity contribution >= 4 is 27.8 Å². The number of imidazole rings is 1. The summed E-state index contributed by atoms with van der Waals surface area (Å²) < 4.78 is 1.87. The quantitative estimate of drug-likeness (QED) is 0.399. The molecule has 2 N–H and O–H groups in total. The molecular weight excluding hydrogens is 384 g/mol. The molecule has 2 atom stereocenters. The number of H-pyrrole nitrogens is 2. The van der Waals surface area contributed by atoms with Gasteiger partial charge in [-0.2, -0.15) is 0 Å². The number of rotatable bonds is 4. The standard InChI is InChI=1S/C21H22N6O3/c1-13-6-8-25(11-14-3-2-4-15(9-14)27(29)30)12-18(13)26-19-16-5-7-22-20(16)23-10-17(19)24-21(26)28/h2-5,7,9-10,13,18H,6,8,11-12H2,1H3,(H,22,23)(H,24,28)/t13-,18+/m1/s1. The van der Waals surface area contributed by atoms with E-state index in [1.165, 1.54) is 6.07 Å². The number of non-ortho nitro benzene ring substituents is 1. The molecule has 4 aromatic rings. The van der Waals surface area contributed by atoms with Crippen LogP contribution in [0.1, 0.15) is 24.9 Å². The van der Waals surface area contributed by atoms with Crippen LogP contribution in [0.15, 0.2) is 47.5 Å². The zero-order valence-electron chi connectivity index (χ0n) is 16.5. The van der Waals surface area contributed by atoms with Gasteiger partial charge >= 0.3 is 5.69 Å². The highest BCUT2D eigenvalue weighted by Crippen LogP contribution is 2.32. The lowest BCUT2D eigenvalue weighted by Gasteiger charge is -2.37. The average Bonchev–Trinajstić information content (AvgIpc) is 3.33. The summed E-state index contributed by atoms with van der Waals surface area (Å²) in [5.74, 6) is 0.324. The highest BCUT2D eigenvalue weighted by atomic mass is 16.6. The van der Waals surface area contributed by atoms with E-state index in [9.17, 15) is 14.9 Å². The fourth-order valence-corrected chi connectivity index (χ4v) is 4.56. The number of likely N-dealkylation sites (tertiary alicyclic amines) is 1. The minimum atomic E-state index is -0.369. The molecule has 1 aromatic carbocycles. The molecule has 1 aliphatic heterocycles. The zero-order valence-corrected chi connectivity index (χ0v) is 16.5. The number of hydrogen-bond acceptors (Lipinski definition) is 5. The predicted molar refractivity (Wildman–Crippen MR) is 113 cm³/mol. The predicted octanol–water partition coefficient (Wildman–Crippen LogP) is 3.20. The van der Waals surface area contributed by atoms with Crippen LogP contribution in [0.2, 0.25) is 0 Å². The highest BCUT2D eigenvalue weighted by Gasteiger charge is 2.30. The SMILES string of the molecule is C[C@@H]1CCN(Cc2cccc([N+](=O)[O-])c2)C[C@@H]1n1c(=O)[nH]c2cnc3[nH]ccc3c21. The lowest BCUT2D eigenvalue weighted by Crippen LogP contribution is -2.42. The maximum atomic E-state index is 12.9. The summed E-state index contributed by atoms with van der Waals surface area (Å²) >= 11 is 0. The number of benzene rings is 1. The zero-order chi connectivity index (χ0) is 20.8. The first-order chi connectivity index (χ1) is 14.5. The summed E-state index contributed by atoms with van der Waals surface area (Å²) in [6, 6.07) is 8.71. The number of nitro groups is 1. The van der Waals surface area contributed by atoms with Gasteiger partial charge in [0.1, 0.15) is 5.65 Å². The molecule has 30 heavy (non-hydrogen) atoms. The molecule has 1 fully saturated rings. The van der Waals surface area contributed by atoms with Crippen molar-refractivity contribution < 1.29 is 4.92 Å². The van der Waals surface area contributed by atoms with E-state index in [0.717, 1.165) is 40.6 Å². The Kier molecular flexibility index (Phi) is 4.39. The molecule has 9 nitrogen and oxygen atoms in total. The number of nitrogens with zero attached hydrogens (tertiary/aromatic N) is 4.